The van der Waals surface area contributed by atoms with Crippen molar-refractivity contribution in [3.8, 4) is 10.6 Å². The molecule has 1 aliphatic heterocycles. The maximum absolute atomic E-state index is 6.02. The molecule has 3 aromatic rings. The van der Waals surface area contributed by atoms with Crippen LogP contribution in [0.2, 0.25) is 0 Å². The van der Waals surface area contributed by atoms with Gasteiger partial charge in [0.15, 0.2) is 6.23 Å². The topological polar surface area (TPSA) is 64.0 Å². The SMILES string of the molecule is CC(C)(C)Nc1cc(N[C@H]2C=CCCC2)c2sc(-c3ccnn3C3CCCCO3)cc2n1. The number of anilines is 2. The summed E-state index contributed by atoms with van der Waals surface area (Å²) in [7, 11) is 0. The van der Waals surface area contributed by atoms with Crippen molar-refractivity contribution < 1.29 is 4.74 Å². The molecule has 170 valence electrons. The van der Waals surface area contributed by atoms with Gasteiger partial charge in [-0.15, -0.1) is 11.3 Å². The molecule has 7 heteroatoms. The Hall–Kier alpha value is -2.38. The molecule has 1 aliphatic carbocycles. The molecule has 3 aromatic heterocycles. The molecule has 6 nitrogen and oxygen atoms in total. The molecule has 5 rings (SSSR count). The van der Waals surface area contributed by atoms with Crippen molar-refractivity contribution in [2.24, 2.45) is 0 Å². The van der Waals surface area contributed by atoms with Crippen LogP contribution in [0.5, 0.6) is 0 Å². The Labute approximate surface area is 194 Å². The number of allylic oxidation sites excluding steroid dienone is 1. The predicted molar refractivity (Wildman–Crippen MR) is 133 cm³/mol. The van der Waals surface area contributed by atoms with Crippen molar-refractivity contribution in [3.63, 3.8) is 0 Å². The van der Waals surface area contributed by atoms with Gasteiger partial charge in [-0.2, -0.15) is 5.10 Å². The van der Waals surface area contributed by atoms with Gasteiger partial charge >= 0.3 is 0 Å². The van der Waals surface area contributed by atoms with E-state index in [2.05, 4.69) is 71.5 Å². The zero-order chi connectivity index (χ0) is 22.1. The quantitative estimate of drug-likeness (QED) is 0.428. The van der Waals surface area contributed by atoms with E-state index >= 15 is 0 Å². The van der Waals surface area contributed by atoms with Crippen LogP contribution in [0.15, 0.2) is 36.5 Å². The second-order valence-corrected chi connectivity index (χ2v) is 10.9. The van der Waals surface area contributed by atoms with Crippen LogP contribution < -0.4 is 10.6 Å². The Morgan fingerprint density at radius 3 is 2.81 bits per heavy atom. The summed E-state index contributed by atoms with van der Waals surface area (Å²) in [5.41, 5.74) is 3.21. The molecule has 1 fully saturated rings. The van der Waals surface area contributed by atoms with E-state index < -0.39 is 0 Å². The van der Waals surface area contributed by atoms with Gasteiger partial charge in [0.1, 0.15) is 5.82 Å². The fourth-order valence-electron chi connectivity index (χ4n) is 4.49. The molecule has 1 saturated heterocycles. The number of thiophene rings is 1. The van der Waals surface area contributed by atoms with E-state index in [-0.39, 0.29) is 11.8 Å². The molecular formula is C25H33N5OS. The monoisotopic (exact) mass is 451 g/mol. The second-order valence-electron chi connectivity index (χ2n) is 9.85. The normalized spacial score (nSPS) is 21.7. The summed E-state index contributed by atoms with van der Waals surface area (Å²) in [6.07, 6.45) is 13.4. The second kappa shape index (κ2) is 8.87. The van der Waals surface area contributed by atoms with Crippen LogP contribution in [0.4, 0.5) is 11.5 Å². The van der Waals surface area contributed by atoms with Gasteiger partial charge in [-0.05, 0) is 71.4 Å². The van der Waals surface area contributed by atoms with Gasteiger partial charge in [0.2, 0.25) is 0 Å². The van der Waals surface area contributed by atoms with Crippen molar-refractivity contribution in [2.75, 3.05) is 17.2 Å². The number of hydrogen-bond acceptors (Lipinski definition) is 6. The van der Waals surface area contributed by atoms with Gasteiger partial charge in [-0.25, -0.2) is 9.67 Å². The molecule has 0 saturated carbocycles. The van der Waals surface area contributed by atoms with Crippen molar-refractivity contribution in [1.82, 2.24) is 14.8 Å². The molecule has 0 spiro atoms. The number of nitrogens with one attached hydrogen (secondary N) is 2. The third-order valence-electron chi connectivity index (χ3n) is 5.93. The van der Waals surface area contributed by atoms with Gasteiger partial charge in [0.25, 0.3) is 0 Å². The number of pyridine rings is 1. The smallest absolute Gasteiger partial charge is 0.150 e. The molecule has 2 atom stereocenters. The fraction of sp³-hybridized carbons (Fsp3) is 0.520. The lowest BCUT2D eigenvalue weighted by Gasteiger charge is -2.24. The van der Waals surface area contributed by atoms with Gasteiger partial charge in [-0.1, -0.05) is 12.2 Å². The van der Waals surface area contributed by atoms with E-state index in [1.165, 1.54) is 28.8 Å². The third-order valence-corrected chi connectivity index (χ3v) is 7.11. The maximum atomic E-state index is 6.02. The molecule has 0 radical (unpaired) electrons. The van der Waals surface area contributed by atoms with E-state index in [1.54, 1.807) is 11.3 Å². The van der Waals surface area contributed by atoms with Crippen LogP contribution in [0.1, 0.15) is 65.5 Å². The first kappa shape index (κ1) is 21.5. The van der Waals surface area contributed by atoms with Gasteiger partial charge in [0.05, 0.1) is 26.5 Å². The predicted octanol–water partition coefficient (Wildman–Crippen LogP) is 6.59. The minimum absolute atomic E-state index is 0.0232. The third kappa shape index (κ3) is 4.69. The Morgan fingerprint density at radius 2 is 2.06 bits per heavy atom. The van der Waals surface area contributed by atoms with Crippen LogP contribution in [0, 0.1) is 0 Å². The molecule has 0 amide bonds. The summed E-state index contributed by atoms with van der Waals surface area (Å²) < 4.78 is 9.26. The zero-order valence-corrected chi connectivity index (χ0v) is 20.0. The highest BCUT2D eigenvalue weighted by molar-refractivity contribution is 7.22. The lowest BCUT2D eigenvalue weighted by molar-refractivity contribution is -0.0383. The summed E-state index contributed by atoms with van der Waals surface area (Å²) in [4.78, 5) is 6.14. The van der Waals surface area contributed by atoms with Crippen LogP contribution in [0.3, 0.4) is 0 Å². The summed E-state index contributed by atoms with van der Waals surface area (Å²) in [5, 5.41) is 11.9. The average molecular weight is 452 g/mol. The van der Waals surface area contributed by atoms with Crippen molar-refractivity contribution in [2.45, 2.75) is 77.1 Å². The van der Waals surface area contributed by atoms with Crippen LogP contribution in [-0.4, -0.2) is 33.0 Å². The molecule has 1 unspecified atom stereocenters. The summed E-state index contributed by atoms with van der Waals surface area (Å²) >= 11 is 1.78. The van der Waals surface area contributed by atoms with Gasteiger partial charge in [0, 0.05) is 30.5 Å². The van der Waals surface area contributed by atoms with Crippen LogP contribution >= 0.6 is 11.3 Å². The minimum atomic E-state index is -0.0571. The maximum Gasteiger partial charge on any atom is 0.150 e. The Kier molecular flexibility index (Phi) is 5.95. The van der Waals surface area contributed by atoms with Gasteiger partial charge in [-0.3, -0.25) is 0 Å². The Balaban J connectivity index is 1.54. The number of aromatic nitrogens is 3. The first-order valence-corrected chi connectivity index (χ1v) is 12.6. The van der Waals surface area contributed by atoms with Crippen molar-refractivity contribution >= 4 is 33.1 Å². The van der Waals surface area contributed by atoms with E-state index in [9.17, 15) is 0 Å². The standard InChI is InChI=1S/C25H33N5OS/c1-25(2,3)29-22-16-19(27-17-9-5-4-6-10-17)24-18(28-22)15-21(32-24)20-12-13-26-30(20)23-11-7-8-14-31-23/h5,9,12-13,15-17,23H,4,6-8,10-11,14H2,1-3H3,(H2,27,28,29)/t17-,23?/m0/s1. The number of rotatable bonds is 5. The molecule has 0 bridgehead atoms. The minimum Gasteiger partial charge on any atom is -0.378 e. The van der Waals surface area contributed by atoms with E-state index in [4.69, 9.17) is 9.72 Å². The summed E-state index contributed by atoms with van der Waals surface area (Å²) in [6, 6.07) is 6.82. The molecule has 4 heterocycles. The largest absolute Gasteiger partial charge is 0.378 e. The molecule has 0 aromatic carbocycles. The first-order chi connectivity index (χ1) is 15.5. The molecule has 2 aliphatic rings. The fourth-order valence-corrected chi connectivity index (χ4v) is 5.58. The van der Waals surface area contributed by atoms with Crippen molar-refractivity contribution in [3.05, 3.63) is 36.5 Å². The van der Waals surface area contributed by atoms with Crippen LogP contribution in [-0.2, 0) is 4.74 Å². The number of nitrogens with zero attached hydrogens (tertiary/aromatic N) is 3. The summed E-state index contributed by atoms with van der Waals surface area (Å²) in [5.74, 6) is 0.903. The Morgan fingerprint density at radius 1 is 1.16 bits per heavy atom. The highest BCUT2D eigenvalue weighted by Crippen LogP contribution is 2.40. The first-order valence-electron chi connectivity index (χ1n) is 11.8. The van der Waals surface area contributed by atoms with E-state index in [0.717, 1.165) is 48.6 Å². The lowest BCUT2D eigenvalue weighted by atomic mass is 10.0. The lowest BCUT2D eigenvalue weighted by Crippen LogP contribution is -2.27. The molecule has 32 heavy (non-hydrogen) atoms. The molecular weight excluding hydrogens is 418 g/mol. The highest BCUT2D eigenvalue weighted by Gasteiger charge is 2.22. The van der Waals surface area contributed by atoms with Crippen LogP contribution in [0.25, 0.3) is 20.8 Å². The average Bonchev–Trinajstić information content (AvgIpc) is 3.41. The van der Waals surface area contributed by atoms with E-state index in [1.807, 2.05) is 6.20 Å². The number of hydrogen-bond donors (Lipinski definition) is 2. The Bertz CT molecular complexity index is 1100. The highest BCUT2D eigenvalue weighted by atomic mass is 32.1. The summed E-state index contributed by atoms with van der Waals surface area (Å²) in [6.45, 7) is 7.30. The number of ether oxygens (including phenoxy) is 1. The zero-order valence-electron chi connectivity index (χ0n) is 19.2. The van der Waals surface area contributed by atoms with E-state index in [0.29, 0.717) is 6.04 Å². The van der Waals surface area contributed by atoms with Crippen molar-refractivity contribution in [1.29, 1.82) is 0 Å². The van der Waals surface area contributed by atoms with Gasteiger partial charge < -0.3 is 15.4 Å². The molecule has 2 N–H and O–H groups in total. The number of fused-ring (bicyclic) bond motifs is 1.